The highest BCUT2D eigenvalue weighted by Crippen LogP contribution is 2.20. The number of carbonyl (C=O) groups is 1. The van der Waals surface area contributed by atoms with Crippen molar-refractivity contribution in [1.29, 1.82) is 5.26 Å². The van der Waals surface area contributed by atoms with Crippen molar-refractivity contribution in [1.82, 2.24) is 9.21 Å². The van der Waals surface area contributed by atoms with Crippen LogP contribution in [-0.2, 0) is 10.0 Å². The Morgan fingerprint density at radius 2 is 1.76 bits per heavy atom. The number of nitrogens with zero attached hydrogens (tertiary/aromatic N) is 3. The van der Waals surface area contributed by atoms with Crippen LogP contribution in [-0.4, -0.2) is 49.7 Å². The molecule has 0 atom stereocenters. The number of hydrogen-bond donors (Lipinski definition) is 0. The van der Waals surface area contributed by atoms with Gasteiger partial charge in [-0.1, -0.05) is 0 Å². The highest BCUT2D eigenvalue weighted by molar-refractivity contribution is 7.89. The highest BCUT2D eigenvalue weighted by Gasteiger charge is 2.31. The molecule has 2 heterocycles. The molecule has 1 saturated heterocycles. The van der Waals surface area contributed by atoms with Gasteiger partial charge in [0.05, 0.1) is 28.4 Å². The van der Waals surface area contributed by atoms with E-state index in [4.69, 9.17) is 9.68 Å². The molecule has 3 rings (SSSR count). The summed E-state index contributed by atoms with van der Waals surface area (Å²) in [5.74, 6) is 0.402. The van der Waals surface area contributed by atoms with Crippen molar-refractivity contribution in [2.24, 2.45) is 0 Å². The van der Waals surface area contributed by atoms with Gasteiger partial charge in [-0.25, -0.2) is 8.42 Å². The van der Waals surface area contributed by atoms with E-state index >= 15 is 0 Å². The van der Waals surface area contributed by atoms with Crippen molar-refractivity contribution in [2.75, 3.05) is 26.2 Å². The summed E-state index contributed by atoms with van der Waals surface area (Å²) in [5.41, 5.74) is 0.910. The molecule has 1 aromatic carbocycles. The third kappa shape index (κ3) is 3.29. The van der Waals surface area contributed by atoms with E-state index in [1.165, 1.54) is 34.8 Å². The summed E-state index contributed by atoms with van der Waals surface area (Å²) in [5, 5.41) is 8.81. The Kier molecular flexibility index (Phi) is 4.61. The molecule has 1 aliphatic rings. The minimum atomic E-state index is -3.63. The quantitative estimate of drug-likeness (QED) is 0.830. The number of rotatable bonds is 3. The van der Waals surface area contributed by atoms with E-state index in [1.54, 1.807) is 17.9 Å². The fourth-order valence-corrected chi connectivity index (χ4v) is 4.18. The van der Waals surface area contributed by atoms with Gasteiger partial charge in [-0.15, -0.1) is 0 Å². The molecule has 0 bridgehead atoms. The van der Waals surface area contributed by atoms with Crippen LogP contribution in [0.15, 0.2) is 45.9 Å². The third-order valence-corrected chi connectivity index (χ3v) is 6.15. The molecule has 1 aliphatic heterocycles. The van der Waals surface area contributed by atoms with Gasteiger partial charge in [0.25, 0.3) is 5.91 Å². The second-order valence-corrected chi connectivity index (χ2v) is 7.66. The Bertz CT molecular complexity index is 918. The summed E-state index contributed by atoms with van der Waals surface area (Å²) < 4.78 is 31.9. The molecule has 130 valence electrons. The van der Waals surface area contributed by atoms with Crippen molar-refractivity contribution in [3.63, 3.8) is 0 Å². The maximum Gasteiger partial charge on any atom is 0.257 e. The number of piperazine rings is 1. The Hall–Kier alpha value is -2.63. The fourth-order valence-electron chi connectivity index (χ4n) is 2.76. The number of furan rings is 1. The van der Waals surface area contributed by atoms with Crippen LogP contribution in [0, 0.1) is 18.3 Å². The first-order valence-electron chi connectivity index (χ1n) is 7.77. The fraction of sp³-hybridized carbons (Fsp3) is 0.294. The molecule has 0 unspecified atom stereocenters. The van der Waals surface area contributed by atoms with Gasteiger partial charge >= 0.3 is 0 Å². The number of carbonyl (C=O) groups excluding carboxylic acids is 1. The standard InChI is InChI=1S/C17H17N3O4S/c1-13-16(6-11-24-13)17(21)19-7-9-20(10-8-19)25(22,23)15-4-2-14(12-18)3-5-15/h2-6,11H,7-10H2,1H3. The van der Waals surface area contributed by atoms with Gasteiger partial charge in [-0.05, 0) is 37.3 Å². The zero-order chi connectivity index (χ0) is 18.0. The molecule has 8 heteroatoms. The van der Waals surface area contributed by atoms with E-state index < -0.39 is 10.0 Å². The lowest BCUT2D eigenvalue weighted by Gasteiger charge is -2.34. The van der Waals surface area contributed by atoms with Gasteiger partial charge in [0.1, 0.15) is 5.76 Å². The van der Waals surface area contributed by atoms with E-state index in [0.717, 1.165) is 0 Å². The summed E-state index contributed by atoms with van der Waals surface area (Å²) in [6.07, 6.45) is 1.47. The summed E-state index contributed by atoms with van der Waals surface area (Å²) >= 11 is 0. The summed E-state index contributed by atoms with van der Waals surface area (Å²) in [6, 6.07) is 9.41. The average Bonchev–Trinajstić information content (AvgIpc) is 3.07. The molecule has 0 spiro atoms. The van der Waals surface area contributed by atoms with Gasteiger partial charge in [0, 0.05) is 26.2 Å². The monoisotopic (exact) mass is 359 g/mol. The molecule has 2 aromatic rings. The predicted octanol–water partition coefficient (Wildman–Crippen LogP) is 1.61. The van der Waals surface area contributed by atoms with Crippen LogP contribution in [0.5, 0.6) is 0 Å². The van der Waals surface area contributed by atoms with Crippen LogP contribution < -0.4 is 0 Å². The van der Waals surface area contributed by atoms with Crippen LogP contribution in [0.2, 0.25) is 0 Å². The lowest BCUT2D eigenvalue weighted by Crippen LogP contribution is -2.50. The van der Waals surface area contributed by atoms with Crippen molar-refractivity contribution < 1.29 is 17.6 Å². The van der Waals surface area contributed by atoms with E-state index in [2.05, 4.69) is 0 Å². The van der Waals surface area contributed by atoms with Crippen LogP contribution >= 0.6 is 0 Å². The van der Waals surface area contributed by atoms with E-state index in [0.29, 0.717) is 30.0 Å². The van der Waals surface area contributed by atoms with E-state index in [1.807, 2.05) is 6.07 Å². The SMILES string of the molecule is Cc1occc1C(=O)N1CCN(S(=O)(=O)c2ccc(C#N)cc2)CC1. The largest absolute Gasteiger partial charge is 0.469 e. The number of benzene rings is 1. The van der Waals surface area contributed by atoms with Gasteiger partial charge in [-0.2, -0.15) is 9.57 Å². The lowest BCUT2D eigenvalue weighted by atomic mass is 10.2. The maximum absolute atomic E-state index is 12.7. The molecule has 1 aromatic heterocycles. The van der Waals surface area contributed by atoms with Crippen LogP contribution in [0.4, 0.5) is 0 Å². The number of amides is 1. The van der Waals surface area contributed by atoms with Crippen molar-refractivity contribution in [3.05, 3.63) is 53.5 Å². The lowest BCUT2D eigenvalue weighted by molar-refractivity contribution is 0.0696. The Labute approximate surface area is 146 Å². The highest BCUT2D eigenvalue weighted by atomic mass is 32.2. The minimum Gasteiger partial charge on any atom is -0.469 e. The number of sulfonamides is 1. The molecule has 0 N–H and O–H groups in total. The molecule has 7 nitrogen and oxygen atoms in total. The molecule has 1 amide bonds. The Morgan fingerprint density at radius 1 is 1.12 bits per heavy atom. The molecular formula is C17H17N3O4S. The van der Waals surface area contributed by atoms with Crippen LogP contribution in [0.3, 0.4) is 0 Å². The topological polar surface area (TPSA) is 94.6 Å². The zero-order valence-electron chi connectivity index (χ0n) is 13.7. The van der Waals surface area contributed by atoms with Gasteiger partial charge in [0.15, 0.2) is 0 Å². The maximum atomic E-state index is 12.7. The van der Waals surface area contributed by atoms with E-state index in [-0.39, 0.29) is 23.9 Å². The number of nitriles is 1. The first-order chi connectivity index (χ1) is 11.9. The Morgan fingerprint density at radius 3 is 2.28 bits per heavy atom. The second-order valence-electron chi connectivity index (χ2n) is 5.72. The van der Waals surface area contributed by atoms with Crippen LogP contribution in [0.25, 0.3) is 0 Å². The van der Waals surface area contributed by atoms with Crippen LogP contribution in [0.1, 0.15) is 21.7 Å². The smallest absolute Gasteiger partial charge is 0.257 e. The zero-order valence-corrected chi connectivity index (χ0v) is 14.5. The van der Waals surface area contributed by atoms with Gasteiger partial charge in [0.2, 0.25) is 10.0 Å². The molecule has 1 fully saturated rings. The normalized spacial score (nSPS) is 15.8. The van der Waals surface area contributed by atoms with Crippen molar-refractivity contribution in [2.45, 2.75) is 11.8 Å². The van der Waals surface area contributed by atoms with Crippen molar-refractivity contribution in [3.8, 4) is 6.07 Å². The average molecular weight is 359 g/mol. The molecule has 0 radical (unpaired) electrons. The molecule has 0 aliphatic carbocycles. The van der Waals surface area contributed by atoms with E-state index in [9.17, 15) is 13.2 Å². The number of aryl methyl sites for hydroxylation is 1. The van der Waals surface area contributed by atoms with Gasteiger partial charge < -0.3 is 9.32 Å². The summed E-state index contributed by atoms with van der Waals surface area (Å²) in [4.78, 5) is 14.2. The number of hydrogen-bond acceptors (Lipinski definition) is 5. The first-order valence-corrected chi connectivity index (χ1v) is 9.21. The predicted molar refractivity (Wildman–Crippen MR) is 89.3 cm³/mol. The summed E-state index contributed by atoms with van der Waals surface area (Å²) in [7, 11) is -3.63. The van der Waals surface area contributed by atoms with Gasteiger partial charge in [-0.3, -0.25) is 4.79 Å². The molecule has 25 heavy (non-hydrogen) atoms. The first kappa shape index (κ1) is 17.2. The second kappa shape index (κ2) is 6.70. The minimum absolute atomic E-state index is 0.150. The summed E-state index contributed by atoms with van der Waals surface area (Å²) in [6.45, 7) is 2.81. The molecule has 0 saturated carbocycles. The Balaban J connectivity index is 1.70. The third-order valence-electron chi connectivity index (χ3n) is 4.24. The van der Waals surface area contributed by atoms with Crippen molar-refractivity contribution >= 4 is 15.9 Å². The molecular weight excluding hydrogens is 342 g/mol.